The molecule has 0 N–H and O–H groups in total. The molecule has 2 rings (SSSR count). The minimum atomic E-state index is -2.62. The van der Waals surface area contributed by atoms with Gasteiger partial charge in [-0.25, -0.2) is 9.37 Å². The highest BCUT2D eigenvalue weighted by Crippen LogP contribution is 2.25. The van der Waals surface area contributed by atoms with E-state index in [2.05, 4.69) is 4.98 Å². The molecule has 1 heterocycles. The molecule has 0 aliphatic heterocycles. The Hall–Kier alpha value is -1.43. The van der Waals surface area contributed by atoms with Gasteiger partial charge in [0.1, 0.15) is 11.6 Å². The number of halogens is 3. The number of thioether (sulfide) groups is 1. The second-order valence-electron chi connectivity index (χ2n) is 3.25. The first-order valence-corrected chi connectivity index (χ1v) is 5.84. The van der Waals surface area contributed by atoms with E-state index in [4.69, 9.17) is 0 Å². The van der Waals surface area contributed by atoms with E-state index in [0.29, 0.717) is 4.90 Å². The van der Waals surface area contributed by atoms with Gasteiger partial charge in [-0.2, -0.15) is 8.78 Å². The number of benzene rings is 1. The Morgan fingerprint density at radius 1 is 1.29 bits per heavy atom. The zero-order valence-corrected chi connectivity index (χ0v) is 9.50. The van der Waals surface area contributed by atoms with E-state index < -0.39 is 6.55 Å². The van der Waals surface area contributed by atoms with Gasteiger partial charge in [0.15, 0.2) is 0 Å². The van der Waals surface area contributed by atoms with Crippen molar-refractivity contribution in [3.05, 3.63) is 48.3 Å². The predicted octanol–water partition coefficient (Wildman–Crippen LogP) is 3.71. The van der Waals surface area contributed by atoms with E-state index in [9.17, 15) is 13.2 Å². The maximum Gasteiger partial charge on any atom is 0.319 e. The third-order valence-electron chi connectivity index (χ3n) is 2.15. The van der Waals surface area contributed by atoms with Crippen molar-refractivity contribution in [1.29, 1.82) is 0 Å². The summed E-state index contributed by atoms with van der Waals surface area (Å²) < 4.78 is 39.1. The molecule has 0 saturated heterocycles. The number of nitrogens with zero attached hydrogens (tertiary/aromatic N) is 2. The standard InChI is InChI=1S/C11H9F3N2S/c12-8-3-1-2-4-9(8)17-7-10-15-5-6-16(10)11(13)14/h1-6,11H,7H2. The van der Waals surface area contributed by atoms with Crippen molar-refractivity contribution in [2.24, 2.45) is 0 Å². The lowest BCUT2D eigenvalue weighted by atomic mass is 10.3. The van der Waals surface area contributed by atoms with Crippen molar-refractivity contribution in [2.75, 3.05) is 0 Å². The SMILES string of the molecule is Fc1ccccc1SCc1nccn1C(F)F. The monoisotopic (exact) mass is 258 g/mol. The van der Waals surface area contributed by atoms with Crippen LogP contribution in [0.5, 0.6) is 0 Å². The summed E-state index contributed by atoms with van der Waals surface area (Å²) in [5, 5.41) is 0. The van der Waals surface area contributed by atoms with Gasteiger partial charge in [0.25, 0.3) is 0 Å². The summed E-state index contributed by atoms with van der Waals surface area (Å²) in [6.45, 7) is -2.62. The van der Waals surface area contributed by atoms with Crippen LogP contribution in [-0.2, 0) is 5.75 Å². The van der Waals surface area contributed by atoms with E-state index in [0.717, 1.165) is 16.3 Å². The quantitative estimate of drug-likeness (QED) is 0.778. The summed E-state index contributed by atoms with van der Waals surface area (Å²) >= 11 is 1.14. The Morgan fingerprint density at radius 2 is 2.06 bits per heavy atom. The molecule has 17 heavy (non-hydrogen) atoms. The molecule has 1 aromatic heterocycles. The van der Waals surface area contributed by atoms with Crippen molar-refractivity contribution >= 4 is 11.8 Å². The Labute approximate surface area is 100 Å². The van der Waals surface area contributed by atoms with E-state index in [1.54, 1.807) is 18.2 Å². The fraction of sp³-hybridized carbons (Fsp3) is 0.182. The first kappa shape index (κ1) is 12.0. The van der Waals surface area contributed by atoms with Crippen LogP contribution in [0.1, 0.15) is 12.4 Å². The lowest BCUT2D eigenvalue weighted by Crippen LogP contribution is -2.02. The number of hydrogen-bond donors (Lipinski definition) is 0. The first-order valence-electron chi connectivity index (χ1n) is 4.85. The summed E-state index contributed by atoms with van der Waals surface area (Å²) in [5.74, 6) is 0.0825. The zero-order valence-electron chi connectivity index (χ0n) is 8.69. The van der Waals surface area contributed by atoms with Gasteiger partial charge < -0.3 is 0 Å². The van der Waals surface area contributed by atoms with Gasteiger partial charge in [0.05, 0.1) is 5.75 Å². The van der Waals surface area contributed by atoms with Crippen molar-refractivity contribution < 1.29 is 13.2 Å². The minimum absolute atomic E-state index is 0.207. The number of alkyl halides is 2. The van der Waals surface area contributed by atoms with Crippen LogP contribution < -0.4 is 0 Å². The summed E-state index contributed by atoms with van der Waals surface area (Å²) in [5.41, 5.74) is 0. The highest BCUT2D eigenvalue weighted by molar-refractivity contribution is 7.98. The van der Waals surface area contributed by atoms with Crippen molar-refractivity contribution in [3.63, 3.8) is 0 Å². The molecule has 2 aromatic rings. The Balaban J connectivity index is 2.08. The van der Waals surface area contributed by atoms with E-state index in [-0.39, 0.29) is 17.4 Å². The van der Waals surface area contributed by atoms with Crippen LogP contribution in [0.15, 0.2) is 41.6 Å². The number of hydrogen-bond acceptors (Lipinski definition) is 2. The minimum Gasteiger partial charge on any atom is -0.277 e. The van der Waals surface area contributed by atoms with Gasteiger partial charge in [-0.05, 0) is 12.1 Å². The molecule has 0 bridgehead atoms. The number of imidazole rings is 1. The molecule has 0 aliphatic carbocycles. The van der Waals surface area contributed by atoms with Gasteiger partial charge in [0, 0.05) is 17.3 Å². The van der Waals surface area contributed by atoms with Crippen LogP contribution in [0.3, 0.4) is 0 Å². The van der Waals surface area contributed by atoms with Crippen molar-refractivity contribution in [1.82, 2.24) is 9.55 Å². The van der Waals surface area contributed by atoms with Crippen LogP contribution in [0.2, 0.25) is 0 Å². The fourth-order valence-electron chi connectivity index (χ4n) is 1.34. The average molecular weight is 258 g/mol. The molecule has 0 fully saturated rings. The first-order chi connectivity index (χ1) is 8.18. The molecule has 2 nitrogen and oxygen atoms in total. The summed E-state index contributed by atoms with van der Waals surface area (Å²) in [4.78, 5) is 4.25. The second-order valence-corrected chi connectivity index (χ2v) is 4.26. The Bertz CT molecular complexity index is 499. The van der Waals surface area contributed by atoms with Crippen LogP contribution in [0.25, 0.3) is 0 Å². The van der Waals surface area contributed by atoms with Crippen LogP contribution in [-0.4, -0.2) is 9.55 Å². The third-order valence-corrected chi connectivity index (χ3v) is 3.20. The maximum absolute atomic E-state index is 13.3. The molecule has 0 atom stereocenters. The normalized spacial score (nSPS) is 11.1. The van der Waals surface area contributed by atoms with Crippen LogP contribution in [0, 0.1) is 5.82 Å². The third kappa shape index (κ3) is 2.82. The molecular formula is C11H9F3N2S. The lowest BCUT2D eigenvalue weighted by molar-refractivity contribution is 0.0678. The highest BCUT2D eigenvalue weighted by atomic mass is 32.2. The van der Waals surface area contributed by atoms with E-state index in [1.807, 2.05) is 0 Å². The number of aromatic nitrogens is 2. The van der Waals surface area contributed by atoms with Crippen molar-refractivity contribution in [3.8, 4) is 0 Å². The zero-order chi connectivity index (χ0) is 12.3. The molecule has 0 aliphatic rings. The molecule has 0 unspecified atom stereocenters. The van der Waals surface area contributed by atoms with E-state index in [1.165, 1.54) is 18.5 Å². The molecule has 0 spiro atoms. The highest BCUT2D eigenvalue weighted by Gasteiger charge is 2.12. The van der Waals surface area contributed by atoms with E-state index >= 15 is 0 Å². The van der Waals surface area contributed by atoms with Gasteiger partial charge in [0.2, 0.25) is 0 Å². The largest absolute Gasteiger partial charge is 0.319 e. The van der Waals surface area contributed by atoms with Gasteiger partial charge >= 0.3 is 6.55 Å². The smallest absolute Gasteiger partial charge is 0.277 e. The van der Waals surface area contributed by atoms with Crippen LogP contribution in [0.4, 0.5) is 13.2 Å². The lowest BCUT2D eigenvalue weighted by Gasteiger charge is -2.06. The van der Waals surface area contributed by atoms with Gasteiger partial charge in [-0.15, -0.1) is 11.8 Å². The second kappa shape index (κ2) is 5.27. The summed E-state index contributed by atoms with van der Waals surface area (Å²) in [6, 6.07) is 6.22. The van der Waals surface area contributed by atoms with Gasteiger partial charge in [-0.1, -0.05) is 12.1 Å². The number of rotatable bonds is 4. The molecule has 0 radical (unpaired) electrons. The van der Waals surface area contributed by atoms with Crippen LogP contribution >= 0.6 is 11.8 Å². The predicted molar refractivity (Wildman–Crippen MR) is 59.4 cm³/mol. The molecule has 1 aromatic carbocycles. The average Bonchev–Trinajstić information content (AvgIpc) is 2.76. The summed E-state index contributed by atoms with van der Waals surface area (Å²) in [6.07, 6.45) is 2.52. The Kier molecular flexibility index (Phi) is 3.73. The fourth-order valence-corrected chi connectivity index (χ4v) is 2.23. The molecule has 6 heteroatoms. The molecule has 0 amide bonds. The molecule has 0 saturated carbocycles. The molecular weight excluding hydrogens is 249 g/mol. The summed E-state index contributed by atoms with van der Waals surface area (Å²) in [7, 11) is 0. The Morgan fingerprint density at radius 3 is 2.76 bits per heavy atom. The maximum atomic E-state index is 13.3. The topological polar surface area (TPSA) is 17.8 Å². The molecule has 90 valence electrons. The van der Waals surface area contributed by atoms with Gasteiger partial charge in [-0.3, -0.25) is 4.57 Å². The van der Waals surface area contributed by atoms with Crippen molar-refractivity contribution in [2.45, 2.75) is 17.2 Å².